The van der Waals surface area contributed by atoms with E-state index in [1.54, 1.807) is 24.3 Å². The second-order valence-electron chi connectivity index (χ2n) is 6.08. The average molecular weight is 331 g/mol. The molecular weight excluding hydrogens is 310 g/mol. The van der Waals surface area contributed by atoms with E-state index in [2.05, 4.69) is 10.1 Å². The van der Waals surface area contributed by atoms with Crippen molar-refractivity contribution in [1.82, 2.24) is 0 Å². The molecule has 0 spiro atoms. The molecule has 1 aromatic carbocycles. The van der Waals surface area contributed by atoms with Crippen molar-refractivity contribution in [3.63, 3.8) is 0 Å². The maximum atomic E-state index is 12.5. The molecule has 0 fully saturated rings. The lowest BCUT2D eigenvalue weighted by Gasteiger charge is -2.29. The topological polar surface area (TPSA) is 92.7 Å². The van der Waals surface area contributed by atoms with Crippen LogP contribution in [0.5, 0.6) is 0 Å². The molecule has 1 amide bonds. The molecule has 0 heterocycles. The molecule has 0 aromatic heterocycles. The first-order chi connectivity index (χ1) is 11.3. The molecule has 24 heavy (non-hydrogen) atoms. The largest absolute Gasteiger partial charge is 0.481 e. The SMILES string of the molecule is COC(=O)c1ccc(NC(=O)[C@H]2CC(C)=C(C)C[C@@H]2C(=O)O)cc1. The molecule has 2 rings (SSSR count). The van der Waals surface area contributed by atoms with Crippen LogP contribution >= 0.6 is 0 Å². The number of rotatable bonds is 4. The highest BCUT2D eigenvalue weighted by atomic mass is 16.5. The molecule has 128 valence electrons. The minimum Gasteiger partial charge on any atom is -0.481 e. The van der Waals surface area contributed by atoms with Crippen molar-refractivity contribution in [1.29, 1.82) is 0 Å². The molecule has 0 unspecified atom stereocenters. The Bertz CT molecular complexity index is 690. The summed E-state index contributed by atoms with van der Waals surface area (Å²) in [4.78, 5) is 35.4. The van der Waals surface area contributed by atoms with E-state index in [4.69, 9.17) is 0 Å². The van der Waals surface area contributed by atoms with Gasteiger partial charge in [-0.3, -0.25) is 9.59 Å². The van der Waals surface area contributed by atoms with Gasteiger partial charge < -0.3 is 15.2 Å². The number of carbonyl (C=O) groups excluding carboxylic acids is 2. The third-order valence-corrected chi connectivity index (χ3v) is 4.49. The van der Waals surface area contributed by atoms with Crippen molar-refractivity contribution in [2.45, 2.75) is 26.7 Å². The first kappa shape index (κ1) is 17.7. The lowest BCUT2D eigenvalue weighted by atomic mass is 9.76. The lowest BCUT2D eigenvalue weighted by Crippen LogP contribution is -2.36. The fraction of sp³-hybridized carbons (Fsp3) is 0.389. The fourth-order valence-corrected chi connectivity index (χ4v) is 2.87. The smallest absolute Gasteiger partial charge is 0.337 e. The van der Waals surface area contributed by atoms with Gasteiger partial charge in [0.15, 0.2) is 0 Å². The molecule has 0 aliphatic heterocycles. The van der Waals surface area contributed by atoms with Gasteiger partial charge in [-0.15, -0.1) is 0 Å². The number of nitrogens with one attached hydrogen (secondary N) is 1. The number of amides is 1. The monoisotopic (exact) mass is 331 g/mol. The number of aliphatic carboxylic acids is 1. The van der Waals surface area contributed by atoms with Crippen LogP contribution in [0.3, 0.4) is 0 Å². The van der Waals surface area contributed by atoms with Crippen molar-refractivity contribution < 1.29 is 24.2 Å². The minimum atomic E-state index is -0.956. The van der Waals surface area contributed by atoms with E-state index in [-0.39, 0.29) is 5.91 Å². The predicted molar refractivity (Wildman–Crippen MR) is 88.6 cm³/mol. The number of carboxylic acids is 1. The fourth-order valence-electron chi connectivity index (χ4n) is 2.87. The second kappa shape index (κ2) is 7.29. The van der Waals surface area contributed by atoms with Gasteiger partial charge in [0, 0.05) is 5.69 Å². The zero-order valence-corrected chi connectivity index (χ0v) is 14.0. The number of anilines is 1. The van der Waals surface area contributed by atoms with E-state index in [1.165, 1.54) is 7.11 Å². The maximum Gasteiger partial charge on any atom is 0.337 e. The molecule has 1 aliphatic rings. The summed E-state index contributed by atoms with van der Waals surface area (Å²) < 4.78 is 4.62. The Morgan fingerprint density at radius 3 is 2.08 bits per heavy atom. The molecule has 6 nitrogen and oxygen atoms in total. The Hall–Kier alpha value is -2.63. The second-order valence-corrected chi connectivity index (χ2v) is 6.08. The van der Waals surface area contributed by atoms with E-state index in [1.807, 2.05) is 13.8 Å². The molecular formula is C18H21NO5. The normalized spacial score (nSPS) is 20.5. The number of benzene rings is 1. The van der Waals surface area contributed by atoms with Crippen molar-refractivity contribution >= 4 is 23.5 Å². The number of hydrogen-bond donors (Lipinski definition) is 2. The Labute approximate surface area is 140 Å². The number of allylic oxidation sites excluding steroid dienone is 2. The van der Waals surface area contributed by atoms with Gasteiger partial charge in [-0.1, -0.05) is 11.1 Å². The highest BCUT2D eigenvalue weighted by molar-refractivity contribution is 5.96. The minimum absolute atomic E-state index is 0.319. The van der Waals surface area contributed by atoms with Gasteiger partial charge >= 0.3 is 11.9 Å². The summed E-state index contributed by atoms with van der Waals surface area (Å²) in [5.41, 5.74) is 2.99. The molecule has 1 aromatic rings. The van der Waals surface area contributed by atoms with E-state index in [0.29, 0.717) is 24.1 Å². The van der Waals surface area contributed by atoms with Crippen LogP contribution in [-0.4, -0.2) is 30.1 Å². The van der Waals surface area contributed by atoms with Crippen molar-refractivity contribution in [2.24, 2.45) is 11.8 Å². The third kappa shape index (κ3) is 3.82. The van der Waals surface area contributed by atoms with Crippen LogP contribution in [0.15, 0.2) is 35.4 Å². The predicted octanol–water partition coefficient (Wildman–Crippen LogP) is 2.86. The molecule has 0 bridgehead atoms. The highest BCUT2D eigenvalue weighted by Gasteiger charge is 2.37. The number of carboxylic acid groups (broad SMARTS) is 1. The Morgan fingerprint density at radius 1 is 1.04 bits per heavy atom. The molecule has 0 radical (unpaired) electrons. The highest BCUT2D eigenvalue weighted by Crippen LogP contribution is 2.35. The summed E-state index contributed by atoms with van der Waals surface area (Å²) >= 11 is 0. The van der Waals surface area contributed by atoms with Crippen LogP contribution in [0, 0.1) is 11.8 Å². The van der Waals surface area contributed by atoms with E-state index in [0.717, 1.165) is 11.1 Å². The third-order valence-electron chi connectivity index (χ3n) is 4.49. The van der Waals surface area contributed by atoms with Crippen molar-refractivity contribution in [2.75, 3.05) is 12.4 Å². The summed E-state index contributed by atoms with van der Waals surface area (Å²) in [6.07, 6.45) is 0.829. The zero-order valence-electron chi connectivity index (χ0n) is 14.0. The van der Waals surface area contributed by atoms with E-state index < -0.39 is 23.8 Å². The lowest BCUT2D eigenvalue weighted by molar-refractivity contribution is -0.146. The summed E-state index contributed by atoms with van der Waals surface area (Å²) in [5.74, 6) is -3.06. The van der Waals surface area contributed by atoms with Crippen LogP contribution in [0.4, 0.5) is 5.69 Å². The number of methoxy groups -OCH3 is 1. The van der Waals surface area contributed by atoms with Gasteiger partial charge in [-0.25, -0.2) is 4.79 Å². The van der Waals surface area contributed by atoms with Crippen LogP contribution in [0.25, 0.3) is 0 Å². The van der Waals surface area contributed by atoms with Crippen LogP contribution in [0.2, 0.25) is 0 Å². The Kier molecular flexibility index (Phi) is 5.39. The van der Waals surface area contributed by atoms with Gasteiger partial charge in [0.1, 0.15) is 0 Å². The summed E-state index contributed by atoms with van der Waals surface area (Å²) in [6.45, 7) is 3.84. The van der Waals surface area contributed by atoms with Gasteiger partial charge in [-0.05, 0) is 51.0 Å². The number of ether oxygens (including phenoxy) is 1. The van der Waals surface area contributed by atoms with Gasteiger partial charge in [0.25, 0.3) is 0 Å². The standard InChI is InChI=1S/C18H21NO5/c1-10-8-14(15(17(21)22)9-11(10)2)16(20)19-13-6-4-12(5-7-13)18(23)24-3/h4-7,14-15H,8-9H2,1-3H3,(H,19,20)(H,21,22)/t14-,15-/m0/s1. The summed E-state index contributed by atoms with van der Waals surface area (Å²) in [7, 11) is 1.30. The Morgan fingerprint density at radius 2 is 1.58 bits per heavy atom. The molecule has 6 heteroatoms. The van der Waals surface area contributed by atoms with Gasteiger partial charge in [0.2, 0.25) is 5.91 Å². The van der Waals surface area contributed by atoms with E-state index in [9.17, 15) is 19.5 Å². The van der Waals surface area contributed by atoms with Crippen molar-refractivity contribution in [3.8, 4) is 0 Å². The summed E-state index contributed by atoms with van der Waals surface area (Å²) in [6, 6.07) is 6.28. The van der Waals surface area contributed by atoms with Crippen LogP contribution in [-0.2, 0) is 14.3 Å². The average Bonchev–Trinajstić information content (AvgIpc) is 2.56. The molecule has 2 N–H and O–H groups in total. The molecule has 0 saturated heterocycles. The zero-order chi connectivity index (χ0) is 17.9. The van der Waals surface area contributed by atoms with Crippen LogP contribution < -0.4 is 5.32 Å². The molecule has 0 saturated carbocycles. The maximum absolute atomic E-state index is 12.5. The quantitative estimate of drug-likeness (QED) is 0.654. The van der Waals surface area contributed by atoms with Gasteiger partial charge in [-0.2, -0.15) is 0 Å². The molecule has 2 atom stereocenters. The molecule has 1 aliphatic carbocycles. The number of esters is 1. The van der Waals surface area contributed by atoms with Crippen molar-refractivity contribution in [3.05, 3.63) is 41.0 Å². The first-order valence-corrected chi connectivity index (χ1v) is 7.70. The number of carbonyl (C=O) groups is 3. The summed E-state index contributed by atoms with van der Waals surface area (Å²) in [5, 5.41) is 12.1. The first-order valence-electron chi connectivity index (χ1n) is 7.70. The Balaban J connectivity index is 2.13. The number of hydrogen-bond acceptors (Lipinski definition) is 4. The van der Waals surface area contributed by atoms with E-state index >= 15 is 0 Å². The van der Waals surface area contributed by atoms with Crippen LogP contribution in [0.1, 0.15) is 37.0 Å². The van der Waals surface area contributed by atoms with Gasteiger partial charge in [0.05, 0.1) is 24.5 Å².